The molecule has 0 saturated carbocycles. The molecule has 0 radical (unpaired) electrons. The molecule has 96 valence electrons. The Morgan fingerprint density at radius 1 is 1.31 bits per heavy atom. The van der Waals surface area contributed by atoms with Gasteiger partial charge in [0.2, 0.25) is 0 Å². The van der Waals surface area contributed by atoms with Gasteiger partial charge in [0, 0.05) is 26.2 Å². The van der Waals surface area contributed by atoms with E-state index in [1.165, 1.54) is 0 Å². The maximum atomic E-state index is 11.5. The van der Waals surface area contributed by atoms with Crippen molar-refractivity contribution in [2.24, 2.45) is 0 Å². The number of hydrogen-bond donors (Lipinski definition) is 1. The van der Waals surface area contributed by atoms with Crippen LogP contribution in [0.25, 0.3) is 0 Å². The van der Waals surface area contributed by atoms with Gasteiger partial charge in [-0.05, 0) is 25.5 Å². The van der Waals surface area contributed by atoms with Crippen LogP contribution in [-0.2, 0) is 18.1 Å². The molecule has 0 bridgehead atoms. The lowest BCUT2D eigenvalue weighted by atomic mass is 10.2. The third-order valence-corrected chi connectivity index (χ3v) is 4.36. The largest absolute Gasteiger partial charge is 0.564 e. The Bertz CT molecular complexity index is 205. The first-order valence-corrected chi connectivity index (χ1v) is 8.35. The molecule has 0 fully saturated rings. The molecule has 0 heterocycles. The van der Waals surface area contributed by atoms with E-state index < -0.39 is 8.80 Å². The Labute approximate surface area is 104 Å². The predicted molar refractivity (Wildman–Crippen MR) is 68.6 cm³/mol. The zero-order valence-corrected chi connectivity index (χ0v) is 12.4. The SMILES string of the molecule is CCO[Si](C)(OCC)OC(=O)CCC(C)S. The van der Waals surface area contributed by atoms with Gasteiger partial charge in [0.05, 0.1) is 0 Å². The number of carbonyl (C=O) groups excluding carboxylic acids is 1. The summed E-state index contributed by atoms with van der Waals surface area (Å²) in [6.45, 7) is 8.36. The Morgan fingerprint density at radius 2 is 1.81 bits per heavy atom. The lowest BCUT2D eigenvalue weighted by Gasteiger charge is -2.24. The van der Waals surface area contributed by atoms with Crippen LogP contribution in [0, 0.1) is 0 Å². The molecule has 0 saturated heterocycles. The van der Waals surface area contributed by atoms with Crippen molar-refractivity contribution >= 4 is 27.4 Å². The number of rotatable bonds is 8. The van der Waals surface area contributed by atoms with Gasteiger partial charge < -0.3 is 13.3 Å². The van der Waals surface area contributed by atoms with Crippen molar-refractivity contribution in [3.63, 3.8) is 0 Å². The molecule has 0 N–H and O–H groups in total. The van der Waals surface area contributed by atoms with E-state index in [2.05, 4.69) is 12.6 Å². The Kier molecular flexibility index (Phi) is 8.09. The van der Waals surface area contributed by atoms with Gasteiger partial charge >= 0.3 is 8.80 Å². The average molecular weight is 266 g/mol. The summed E-state index contributed by atoms with van der Waals surface area (Å²) in [6.07, 6.45) is 1.05. The highest BCUT2D eigenvalue weighted by molar-refractivity contribution is 7.80. The summed E-state index contributed by atoms with van der Waals surface area (Å²) in [6, 6.07) is 0. The molecule has 0 aliphatic rings. The quantitative estimate of drug-likeness (QED) is 0.541. The van der Waals surface area contributed by atoms with Gasteiger partial charge in [-0.15, -0.1) is 0 Å². The topological polar surface area (TPSA) is 44.8 Å². The molecule has 0 rings (SSSR count). The fourth-order valence-corrected chi connectivity index (χ4v) is 3.10. The van der Waals surface area contributed by atoms with Gasteiger partial charge in [-0.1, -0.05) is 6.92 Å². The van der Waals surface area contributed by atoms with Crippen LogP contribution in [0.5, 0.6) is 0 Å². The van der Waals surface area contributed by atoms with Crippen molar-refractivity contribution in [1.29, 1.82) is 0 Å². The van der Waals surface area contributed by atoms with E-state index in [9.17, 15) is 4.79 Å². The molecule has 0 aromatic rings. The van der Waals surface area contributed by atoms with E-state index in [4.69, 9.17) is 13.3 Å². The minimum absolute atomic E-state index is 0.194. The van der Waals surface area contributed by atoms with E-state index in [1.54, 1.807) is 6.55 Å². The van der Waals surface area contributed by atoms with Crippen LogP contribution < -0.4 is 0 Å². The fourth-order valence-electron chi connectivity index (χ4n) is 1.21. The van der Waals surface area contributed by atoms with Gasteiger partial charge in [0.15, 0.2) is 0 Å². The van der Waals surface area contributed by atoms with Crippen LogP contribution in [0.3, 0.4) is 0 Å². The molecular weight excluding hydrogens is 244 g/mol. The van der Waals surface area contributed by atoms with Crippen LogP contribution in [-0.4, -0.2) is 33.2 Å². The molecule has 0 aromatic heterocycles. The van der Waals surface area contributed by atoms with Crippen molar-refractivity contribution in [1.82, 2.24) is 0 Å². The first-order valence-electron chi connectivity index (χ1n) is 5.61. The molecule has 0 spiro atoms. The molecule has 6 heteroatoms. The van der Waals surface area contributed by atoms with Crippen LogP contribution in [0.4, 0.5) is 0 Å². The van der Waals surface area contributed by atoms with Gasteiger partial charge in [-0.2, -0.15) is 12.6 Å². The van der Waals surface area contributed by atoms with Crippen LogP contribution in [0.2, 0.25) is 6.55 Å². The molecular formula is C10H22O4SSi. The van der Waals surface area contributed by atoms with E-state index in [-0.39, 0.29) is 11.2 Å². The maximum Gasteiger partial charge on any atom is 0.564 e. The zero-order chi connectivity index (χ0) is 12.6. The van der Waals surface area contributed by atoms with Crippen molar-refractivity contribution in [3.05, 3.63) is 0 Å². The summed E-state index contributed by atoms with van der Waals surface area (Å²) >= 11 is 4.21. The van der Waals surface area contributed by atoms with Gasteiger partial charge in [-0.3, -0.25) is 4.79 Å². The second kappa shape index (κ2) is 8.11. The number of hydrogen-bond acceptors (Lipinski definition) is 5. The molecule has 1 unspecified atom stereocenters. The lowest BCUT2D eigenvalue weighted by molar-refractivity contribution is -0.139. The third kappa shape index (κ3) is 7.27. The molecule has 0 aliphatic carbocycles. The molecule has 0 aromatic carbocycles. The second-order valence-electron chi connectivity index (χ2n) is 3.59. The predicted octanol–water partition coefficient (Wildman–Crippen LogP) is 2.27. The van der Waals surface area contributed by atoms with E-state index in [1.807, 2.05) is 20.8 Å². The Hall–Kier alpha value is -0.0431. The summed E-state index contributed by atoms with van der Waals surface area (Å²) in [7, 11) is -2.76. The molecule has 4 nitrogen and oxygen atoms in total. The normalized spacial score (nSPS) is 13.6. The van der Waals surface area contributed by atoms with Gasteiger partial charge in [0.25, 0.3) is 5.97 Å². The first-order chi connectivity index (χ1) is 7.43. The molecule has 0 aliphatic heterocycles. The van der Waals surface area contributed by atoms with Crippen molar-refractivity contribution < 1.29 is 18.1 Å². The summed E-state index contributed by atoms with van der Waals surface area (Å²) in [5.74, 6) is -0.267. The molecule has 1 atom stereocenters. The Balaban J connectivity index is 4.12. The monoisotopic (exact) mass is 266 g/mol. The fraction of sp³-hybridized carbons (Fsp3) is 0.900. The summed E-state index contributed by atoms with van der Waals surface area (Å²) in [5, 5.41) is 0.194. The minimum atomic E-state index is -2.76. The zero-order valence-electron chi connectivity index (χ0n) is 10.5. The molecule has 16 heavy (non-hydrogen) atoms. The van der Waals surface area contributed by atoms with Crippen molar-refractivity contribution in [2.45, 2.75) is 45.4 Å². The lowest BCUT2D eigenvalue weighted by Crippen LogP contribution is -2.44. The highest BCUT2D eigenvalue weighted by atomic mass is 32.1. The summed E-state index contributed by atoms with van der Waals surface area (Å²) in [5.41, 5.74) is 0. The minimum Gasteiger partial charge on any atom is -0.473 e. The Morgan fingerprint density at radius 3 is 2.19 bits per heavy atom. The summed E-state index contributed by atoms with van der Waals surface area (Å²) < 4.78 is 16.1. The smallest absolute Gasteiger partial charge is 0.473 e. The van der Waals surface area contributed by atoms with E-state index in [0.29, 0.717) is 26.1 Å². The van der Waals surface area contributed by atoms with Crippen LogP contribution in [0.15, 0.2) is 0 Å². The van der Waals surface area contributed by atoms with Crippen LogP contribution in [0.1, 0.15) is 33.6 Å². The average Bonchev–Trinajstić information content (AvgIpc) is 2.15. The second-order valence-corrected chi connectivity index (χ2v) is 6.98. The standard InChI is InChI=1S/C10H22O4SSi/c1-5-12-16(4,13-6-2)14-10(11)8-7-9(3)15/h9,15H,5-8H2,1-4H3. The van der Waals surface area contributed by atoms with Gasteiger partial charge in [0.1, 0.15) is 0 Å². The number of carbonyl (C=O) groups is 1. The first kappa shape index (κ1) is 16.0. The highest BCUT2D eigenvalue weighted by Crippen LogP contribution is 2.12. The number of thiol groups is 1. The maximum absolute atomic E-state index is 11.5. The summed E-state index contributed by atoms with van der Waals surface area (Å²) in [4.78, 5) is 11.5. The van der Waals surface area contributed by atoms with Crippen LogP contribution >= 0.6 is 12.6 Å². The van der Waals surface area contributed by atoms with E-state index in [0.717, 1.165) is 0 Å². The van der Waals surface area contributed by atoms with E-state index >= 15 is 0 Å². The van der Waals surface area contributed by atoms with Crippen molar-refractivity contribution in [3.8, 4) is 0 Å². The van der Waals surface area contributed by atoms with Gasteiger partial charge in [-0.25, -0.2) is 0 Å². The highest BCUT2D eigenvalue weighted by Gasteiger charge is 2.38. The van der Waals surface area contributed by atoms with Crippen molar-refractivity contribution in [2.75, 3.05) is 13.2 Å². The molecule has 0 amide bonds. The third-order valence-electron chi connectivity index (χ3n) is 1.88.